The number of hydrogen-bond donors (Lipinski definition) is 3. The number of phenols is 1. The fraction of sp³-hybridized carbons (Fsp3) is 0.300. The third-order valence-electron chi connectivity index (χ3n) is 1.92. The minimum atomic E-state index is -0.0792. The highest BCUT2D eigenvalue weighted by atomic mass is 79.9. The molecule has 0 atom stereocenters. The van der Waals surface area contributed by atoms with Gasteiger partial charge in [0, 0.05) is 23.6 Å². The van der Waals surface area contributed by atoms with Gasteiger partial charge in [-0.15, -0.1) is 12.4 Å². The maximum absolute atomic E-state index is 10.9. The van der Waals surface area contributed by atoms with Crippen LogP contribution in [0.3, 0.4) is 0 Å². The summed E-state index contributed by atoms with van der Waals surface area (Å²) in [7, 11) is 1.58. The van der Waals surface area contributed by atoms with E-state index in [1.165, 1.54) is 0 Å². The molecule has 1 amide bonds. The molecular formula is C10H14BrClN2O2. The van der Waals surface area contributed by atoms with Crippen LogP contribution in [0.2, 0.25) is 0 Å². The molecular weight excluding hydrogens is 295 g/mol. The van der Waals surface area contributed by atoms with E-state index in [-0.39, 0.29) is 30.6 Å². The molecule has 0 aliphatic rings. The molecule has 0 spiro atoms. The van der Waals surface area contributed by atoms with Crippen molar-refractivity contribution in [2.24, 2.45) is 0 Å². The Morgan fingerprint density at radius 3 is 2.81 bits per heavy atom. The molecule has 1 aromatic carbocycles. The van der Waals surface area contributed by atoms with Gasteiger partial charge in [-0.1, -0.05) is 15.9 Å². The molecule has 0 radical (unpaired) electrons. The second-order valence-corrected chi connectivity index (χ2v) is 3.97. The number of likely N-dealkylation sites (N-methyl/N-ethyl adjacent to an activating group) is 1. The van der Waals surface area contributed by atoms with Gasteiger partial charge in [0.2, 0.25) is 5.91 Å². The SMILES string of the molecule is CNC(=O)CNCc1cc(Br)ccc1O.Cl. The van der Waals surface area contributed by atoms with Crippen LogP contribution < -0.4 is 10.6 Å². The van der Waals surface area contributed by atoms with E-state index in [1.54, 1.807) is 19.2 Å². The van der Waals surface area contributed by atoms with Gasteiger partial charge in [0.05, 0.1) is 6.54 Å². The highest BCUT2D eigenvalue weighted by molar-refractivity contribution is 9.10. The quantitative estimate of drug-likeness (QED) is 0.788. The Kier molecular flexibility index (Phi) is 7.12. The summed E-state index contributed by atoms with van der Waals surface area (Å²) < 4.78 is 0.900. The molecule has 4 nitrogen and oxygen atoms in total. The van der Waals surface area contributed by atoms with E-state index in [1.807, 2.05) is 6.07 Å². The number of rotatable bonds is 4. The Bertz CT molecular complexity index is 361. The van der Waals surface area contributed by atoms with E-state index in [4.69, 9.17) is 0 Å². The van der Waals surface area contributed by atoms with Crippen LogP contribution in [0.15, 0.2) is 22.7 Å². The maximum Gasteiger partial charge on any atom is 0.233 e. The minimum absolute atomic E-state index is 0. The summed E-state index contributed by atoms with van der Waals surface area (Å²) in [5.41, 5.74) is 0.758. The molecule has 0 saturated heterocycles. The lowest BCUT2D eigenvalue weighted by Crippen LogP contribution is -2.30. The lowest BCUT2D eigenvalue weighted by Gasteiger charge is -2.06. The maximum atomic E-state index is 10.9. The molecule has 0 aliphatic carbocycles. The minimum Gasteiger partial charge on any atom is -0.508 e. The van der Waals surface area contributed by atoms with Crippen molar-refractivity contribution in [1.29, 1.82) is 0 Å². The highest BCUT2D eigenvalue weighted by Gasteiger charge is 2.02. The van der Waals surface area contributed by atoms with Crippen LogP contribution in [0.4, 0.5) is 0 Å². The van der Waals surface area contributed by atoms with Crippen molar-refractivity contribution in [3.63, 3.8) is 0 Å². The number of nitrogens with one attached hydrogen (secondary N) is 2. The third-order valence-corrected chi connectivity index (χ3v) is 2.41. The van der Waals surface area contributed by atoms with Crippen LogP contribution in [0.1, 0.15) is 5.56 Å². The Hall–Kier alpha value is -0.780. The van der Waals surface area contributed by atoms with Crippen LogP contribution in [0.25, 0.3) is 0 Å². The molecule has 6 heteroatoms. The number of carbonyl (C=O) groups is 1. The number of aromatic hydroxyl groups is 1. The monoisotopic (exact) mass is 308 g/mol. The molecule has 1 aromatic rings. The Labute approximate surface area is 109 Å². The molecule has 90 valence electrons. The van der Waals surface area contributed by atoms with Crippen LogP contribution in [0.5, 0.6) is 5.75 Å². The fourth-order valence-electron chi connectivity index (χ4n) is 1.09. The standard InChI is InChI=1S/C10H13BrN2O2.ClH/c1-12-10(15)6-13-5-7-4-8(11)2-3-9(7)14;/h2-4,13-14H,5-6H2,1H3,(H,12,15);1H. The van der Waals surface area contributed by atoms with Crippen molar-refractivity contribution < 1.29 is 9.90 Å². The summed E-state index contributed by atoms with van der Waals surface area (Å²) >= 11 is 3.31. The van der Waals surface area contributed by atoms with Crippen molar-refractivity contribution >= 4 is 34.2 Å². The number of hydrogen-bond acceptors (Lipinski definition) is 3. The lowest BCUT2D eigenvalue weighted by atomic mass is 10.2. The van der Waals surface area contributed by atoms with Crippen molar-refractivity contribution in [1.82, 2.24) is 10.6 Å². The van der Waals surface area contributed by atoms with Crippen molar-refractivity contribution in [2.75, 3.05) is 13.6 Å². The first-order valence-electron chi connectivity index (χ1n) is 4.52. The topological polar surface area (TPSA) is 61.4 Å². The first kappa shape index (κ1) is 15.2. The molecule has 0 unspecified atom stereocenters. The van der Waals surface area contributed by atoms with Gasteiger partial charge >= 0.3 is 0 Å². The van der Waals surface area contributed by atoms with E-state index < -0.39 is 0 Å². The predicted octanol–water partition coefficient (Wildman–Crippen LogP) is 1.41. The zero-order valence-electron chi connectivity index (χ0n) is 8.79. The van der Waals surface area contributed by atoms with Crippen molar-refractivity contribution in [2.45, 2.75) is 6.54 Å². The van der Waals surface area contributed by atoms with Crippen LogP contribution in [-0.2, 0) is 11.3 Å². The Morgan fingerprint density at radius 2 is 2.19 bits per heavy atom. The molecule has 16 heavy (non-hydrogen) atoms. The van der Waals surface area contributed by atoms with Gasteiger partial charge in [-0.05, 0) is 18.2 Å². The normalized spacial score (nSPS) is 9.38. The van der Waals surface area contributed by atoms with E-state index in [0.717, 1.165) is 10.0 Å². The molecule has 1 rings (SSSR count). The second kappa shape index (κ2) is 7.49. The van der Waals surface area contributed by atoms with Gasteiger partial charge in [0.15, 0.2) is 0 Å². The van der Waals surface area contributed by atoms with E-state index >= 15 is 0 Å². The average molecular weight is 310 g/mol. The van der Waals surface area contributed by atoms with Gasteiger partial charge in [-0.25, -0.2) is 0 Å². The molecule has 0 bridgehead atoms. The third kappa shape index (κ3) is 4.83. The summed E-state index contributed by atoms with van der Waals surface area (Å²) in [5.74, 6) is 0.145. The molecule has 0 fully saturated rings. The summed E-state index contributed by atoms with van der Waals surface area (Å²) in [6.07, 6.45) is 0. The molecule has 0 aromatic heterocycles. The predicted molar refractivity (Wildman–Crippen MR) is 68.8 cm³/mol. The van der Waals surface area contributed by atoms with Gasteiger partial charge in [-0.3, -0.25) is 4.79 Å². The van der Waals surface area contributed by atoms with Gasteiger partial charge in [0.1, 0.15) is 5.75 Å². The molecule has 0 heterocycles. The lowest BCUT2D eigenvalue weighted by molar-refractivity contribution is -0.119. The van der Waals surface area contributed by atoms with Gasteiger partial charge in [0.25, 0.3) is 0 Å². The summed E-state index contributed by atoms with van der Waals surface area (Å²) in [4.78, 5) is 10.9. The summed E-state index contributed by atoms with van der Waals surface area (Å²) in [6.45, 7) is 0.696. The number of carbonyl (C=O) groups excluding carboxylic acids is 1. The summed E-state index contributed by atoms with van der Waals surface area (Å²) in [5, 5.41) is 14.9. The Balaban J connectivity index is 0.00000225. The average Bonchev–Trinajstić information content (AvgIpc) is 2.23. The number of phenolic OH excluding ortho intramolecular Hbond substituents is 1. The fourth-order valence-corrected chi connectivity index (χ4v) is 1.50. The zero-order chi connectivity index (χ0) is 11.3. The Morgan fingerprint density at radius 1 is 1.50 bits per heavy atom. The molecule has 0 aliphatic heterocycles. The van der Waals surface area contributed by atoms with Crippen LogP contribution in [0, 0.1) is 0 Å². The number of benzene rings is 1. The summed E-state index contributed by atoms with van der Waals surface area (Å²) in [6, 6.07) is 5.19. The smallest absolute Gasteiger partial charge is 0.233 e. The first-order chi connectivity index (χ1) is 7.13. The van der Waals surface area contributed by atoms with E-state index in [2.05, 4.69) is 26.6 Å². The number of amides is 1. The van der Waals surface area contributed by atoms with E-state index in [0.29, 0.717) is 6.54 Å². The van der Waals surface area contributed by atoms with Crippen LogP contribution >= 0.6 is 28.3 Å². The number of halogens is 2. The first-order valence-corrected chi connectivity index (χ1v) is 5.31. The van der Waals surface area contributed by atoms with E-state index in [9.17, 15) is 9.90 Å². The van der Waals surface area contributed by atoms with Crippen LogP contribution in [-0.4, -0.2) is 24.6 Å². The second-order valence-electron chi connectivity index (χ2n) is 3.05. The molecule has 0 saturated carbocycles. The van der Waals surface area contributed by atoms with Gasteiger partial charge < -0.3 is 15.7 Å². The molecule has 3 N–H and O–H groups in total. The van der Waals surface area contributed by atoms with Crippen molar-refractivity contribution in [3.05, 3.63) is 28.2 Å². The zero-order valence-corrected chi connectivity index (χ0v) is 11.2. The highest BCUT2D eigenvalue weighted by Crippen LogP contribution is 2.21. The van der Waals surface area contributed by atoms with Gasteiger partial charge in [-0.2, -0.15) is 0 Å². The largest absolute Gasteiger partial charge is 0.508 e. The van der Waals surface area contributed by atoms with Crippen molar-refractivity contribution in [3.8, 4) is 5.75 Å².